The van der Waals surface area contributed by atoms with E-state index in [2.05, 4.69) is 6.92 Å². The van der Waals surface area contributed by atoms with Gasteiger partial charge in [-0.3, -0.25) is 9.59 Å². The van der Waals surface area contributed by atoms with Gasteiger partial charge in [0.1, 0.15) is 5.58 Å². The average Bonchev–Trinajstić information content (AvgIpc) is 3.14. The summed E-state index contributed by atoms with van der Waals surface area (Å²) in [7, 11) is 3.22. The summed E-state index contributed by atoms with van der Waals surface area (Å²) in [5.74, 6) is 1.02. The van der Waals surface area contributed by atoms with Crippen molar-refractivity contribution in [2.24, 2.45) is 0 Å². The Morgan fingerprint density at radius 3 is 2.54 bits per heavy atom. The lowest BCUT2D eigenvalue weighted by molar-refractivity contribution is 0.0707. The highest BCUT2D eigenvalue weighted by molar-refractivity contribution is 5.99. The molecule has 2 aromatic carbocycles. The van der Waals surface area contributed by atoms with Gasteiger partial charge in [-0.05, 0) is 49.6 Å². The molecule has 186 valence electrons. The number of nitrogens with zero attached hydrogens (tertiary/aromatic N) is 1. The Labute approximate surface area is 205 Å². The molecule has 1 aromatic heterocycles. The Balaban J connectivity index is 1.79. The first-order valence-electron chi connectivity index (χ1n) is 12.2. The summed E-state index contributed by atoms with van der Waals surface area (Å²) in [6.45, 7) is 5.61. The Bertz CT molecular complexity index is 1260. The van der Waals surface area contributed by atoms with Crippen LogP contribution in [0.5, 0.6) is 11.5 Å². The lowest BCUT2D eigenvalue weighted by Crippen LogP contribution is -2.31. The summed E-state index contributed by atoms with van der Waals surface area (Å²) in [4.78, 5) is 28.8. The van der Waals surface area contributed by atoms with Crippen molar-refractivity contribution < 1.29 is 23.4 Å². The molecular formula is C28H33NO6. The minimum atomic E-state index is -0.585. The molecule has 0 aliphatic carbocycles. The number of benzene rings is 2. The molecule has 0 spiro atoms. The largest absolute Gasteiger partial charge is 0.493 e. The molecule has 3 aromatic rings. The minimum absolute atomic E-state index is 0.104. The molecule has 0 bridgehead atoms. The van der Waals surface area contributed by atoms with Crippen molar-refractivity contribution in [2.45, 2.75) is 45.6 Å². The molecule has 35 heavy (non-hydrogen) atoms. The molecule has 1 aliphatic rings. The Morgan fingerprint density at radius 1 is 0.971 bits per heavy atom. The molecule has 0 saturated heterocycles. The molecule has 7 nitrogen and oxygen atoms in total. The zero-order valence-electron chi connectivity index (χ0n) is 20.9. The van der Waals surface area contributed by atoms with E-state index in [1.807, 2.05) is 37.3 Å². The van der Waals surface area contributed by atoms with E-state index in [0.29, 0.717) is 54.2 Å². The van der Waals surface area contributed by atoms with Gasteiger partial charge in [-0.25, -0.2) is 0 Å². The fourth-order valence-corrected chi connectivity index (χ4v) is 4.60. The molecule has 0 N–H and O–H groups in total. The van der Waals surface area contributed by atoms with Gasteiger partial charge in [-0.1, -0.05) is 37.5 Å². The molecule has 0 saturated carbocycles. The molecule has 0 fully saturated rings. The molecule has 1 amide bonds. The van der Waals surface area contributed by atoms with E-state index in [-0.39, 0.29) is 17.1 Å². The van der Waals surface area contributed by atoms with Crippen LogP contribution in [0, 0.1) is 6.92 Å². The van der Waals surface area contributed by atoms with Gasteiger partial charge in [0.05, 0.1) is 30.7 Å². The normalized spacial score (nSPS) is 15.0. The van der Waals surface area contributed by atoms with Crippen LogP contribution in [-0.4, -0.2) is 44.8 Å². The number of unbranched alkanes of at least 4 members (excludes halogenated alkanes) is 2. The van der Waals surface area contributed by atoms with E-state index >= 15 is 0 Å². The fraction of sp³-hybridized carbons (Fsp3) is 0.429. The van der Waals surface area contributed by atoms with Crippen LogP contribution in [0.3, 0.4) is 0 Å². The number of fused-ring (bicyclic) bond motifs is 2. The maximum absolute atomic E-state index is 13.7. The van der Waals surface area contributed by atoms with Gasteiger partial charge in [0.25, 0.3) is 5.91 Å². The molecule has 7 heteroatoms. The highest BCUT2D eigenvalue weighted by atomic mass is 16.5. The van der Waals surface area contributed by atoms with E-state index in [9.17, 15) is 9.59 Å². The predicted octanol–water partition coefficient (Wildman–Crippen LogP) is 5.26. The summed E-state index contributed by atoms with van der Waals surface area (Å²) < 4.78 is 22.8. The maximum Gasteiger partial charge on any atom is 0.290 e. The van der Waals surface area contributed by atoms with Crippen molar-refractivity contribution in [2.75, 3.05) is 34.0 Å². The van der Waals surface area contributed by atoms with Crippen LogP contribution >= 0.6 is 0 Å². The van der Waals surface area contributed by atoms with Gasteiger partial charge in [-0.15, -0.1) is 0 Å². The second-order valence-electron chi connectivity index (χ2n) is 8.89. The van der Waals surface area contributed by atoms with E-state index < -0.39 is 6.04 Å². The standard InChI is InChI=1S/C28H33NO6/c1-5-6-7-15-34-22-12-10-19(17-23(22)33-4)25-24-26(30)20-16-18(2)9-11-21(20)35-27(24)28(31)29(25)13-8-14-32-3/h9-12,16-17,25H,5-8,13-15H2,1-4H3. The van der Waals surface area contributed by atoms with Crippen LogP contribution < -0.4 is 14.9 Å². The molecular weight excluding hydrogens is 446 g/mol. The van der Waals surface area contributed by atoms with Crippen LogP contribution in [0.2, 0.25) is 0 Å². The summed E-state index contributed by atoms with van der Waals surface area (Å²) in [6.07, 6.45) is 3.81. The molecule has 0 radical (unpaired) electrons. The van der Waals surface area contributed by atoms with Crippen molar-refractivity contribution in [3.8, 4) is 11.5 Å². The van der Waals surface area contributed by atoms with Crippen LogP contribution in [0.4, 0.5) is 0 Å². The highest BCUT2D eigenvalue weighted by Crippen LogP contribution is 2.41. The van der Waals surface area contributed by atoms with Crippen LogP contribution in [0.1, 0.15) is 65.9 Å². The number of carbonyl (C=O) groups excluding carboxylic acids is 1. The molecule has 4 rings (SSSR count). The van der Waals surface area contributed by atoms with Crippen molar-refractivity contribution >= 4 is 16.9 Å². The topological polar surface area (TPSA) is 78.2 Å². The van der Waals surface area contributed by atoms with Gasteiger partial charge < -0.3 is 23.5 Å². The summed E-state index contributed by atoms with van der Waals surface area (Å²) in [5, 5.41) is 0.475. The number of rotatable bonds is 11. The second-order valence-corrected chi connectivity index (χ2v) is 8.89. The van der Waals surface area contributed by atoms with Crippen molar-refractivity contribution in [3.63, 3.8) is 0 Å². The minimum Gasteiger partial charge on any atom is -0.493 e. The summed E-state index contributed by atoms with van der Waals surface area (Å²) >= 11 is 0. The molecule has 1 aliphatic heterocycles. The number of ether oxygens (including phenoxy) is 3. The Kier molecular flexibility index (Phi) is 7.76. The van der Waals surface area contributed by atoms with Crippen LogP contribution in [0.15, 0.2) is 45.6 Å². The number of amides is 1. The quantitative estimate of drug-likeness (QED) is 0.349. The number of hydrogen-bond acceptors (Lipinski definition) is 6. The first kappa shape index (κ1) is 24.8. The van der Waals surface area contributed by atoms with Gasteiger partial charge in [-0.2, -0.15) is 0 Å². The van der Waals surface area contributed by atoms with Gasteiger partial charge >= 0.3 is 0 Å². The van der Waals surface area contributed by atoms with Crippen LogP contribution in [-0.2, 0) is 4.74 Å². The summed E-state index contributed by atoms with van der Waals surface area (Å²) in [5.41, 5.74) is 2.32. The van der Waals surface area contributed by atoms with E-state index in [1.165, 1.54) is 0 Å². The van der Waals surface area contributed by atoms with E-state index in [1.54, 1.807) is 25.2 Å². The van der Waals surface area contributed by atoms with Crippen molar-refractivity contribution in [1.82, 2.24) is 4.90 Å². The smallest absolute Gasteiger partial charge is 0.290 e. The third-order valence-electron chi connectivity index (χ3n) is 6.38. The first-order valence-corrected chi connectivity index (χ1v) is 12.2. The number of hydrogen-bond donors (Lipinski definition) is 0. The maximum atomic E-state index is 13.7. The number of aryl methyl sites for hydroxylation is 1. The summed E-state index contributed by atoms with van der Waals surface area (Å²) in [6, 6.07) is 10.4. The third-order valence-corrected chi connectivity index (χ3v) is 6.38. The van der Waals surface area contributed by atoms with E-state index in [4.69, 9.17) is 18.6 Å². The third kappa shape index (κ3) is 4.91. The van der Waals surface area contributed by atoms with Gasteiger partial charge in [0.15, 0.2) is 16.9 Å². The second kappa shape index (κ2) is 11.0. The lowest BCUT2D eigenvalue weighted by atomic mass is 9.97. The molecule has 1 unspecified atom stereocenters. The molecule has 2 heterocycles. The fourth-order valence-electron chi connectivity index (χ4n) is 4.60. The van der Waals surface area contributed by atoms with Gasteiger partial charge in [0.2, 0.25) is 5.76 Å². The lowest BCUT2D eigenvalue weighted by Gasteiger charge is -2.25. The predicted molar refractivity (Wildman–Crippen MR) is 135 cm³/mol. The first-order chi connectivity index (χ1) is 17.0. The zero-order valence-corrected chi connectivity index (χ0v) is 20.9. The SMILES string of the molecule is CCCCCOc1ccc(C2c3c(oc4ccc(C)cc4c3=O)C(=O)N2CCCOC)cc1OC. The monoisotopic (exact) mass is 479 g/mol. The number of carbonyl (C=O) groups is 1. The number of methoxy groups -OCH3 is 2. The van der Waals surface area contributed by atoms with Crippen LogP contribution in [0.25, 0.3) is 11.0 Å². The van der Waals surface area contributed by atoms with Crippen molar-refractivity contribution in [1.29, 1.82) is 0 Å². The average molecular weight is 480 g/mol. The highest BCUT2D eigenvalue weighted by Gasteiger charge is 2.42. The van der Waals surface area contributed by atoms with E-state index in [0.717, 1.165) is 30.4 Å². The zero-order chi connectivity index (χ0) is 24.9. The Hall–Kier alpha value is -3.32. The Morgan fingerprint density at radius 2 is 1.80 bits per heavy atom. The van der Waals surface area contributed by atoms with Gasteiger partial charge in [0, 0.05) is 20.3 Å². The van der Waals surface area contributed by atoms with Crippen molar-refractivity contribution in [3.05, 3.63) is 69.1 Å². The molecule has 1 atom stereocenters.